The number of hydrogen-bond donors (Lipinski definition) is 0. The molecule has 0 radical (unpaired) electrons. The van der Waals surface area contributed by atoms with Crippen molar-refractivity contribution in [2.24, 2.45) is 0 Å². The van der Waals surface area contributed by atoms with E-state index in [0.717, 1.165) is 0 Å². The summed E-state index contributed by atoms with van der Waals surface area (Å²) >= 11 is 1.91. The fourth-order valence-electron chi connectivity index (χ4n) is 13.8. The van der Waals surface area contributed by atoms with E-state index in [0.29, 0.717) is 0 Å². The molecule has 3 aliphatic carbocycles. The molecule has 0 aliphatic heterocycles. The van der Waals surface area contributed by atoms with E-state index in [1.54, 1.807) is 0 Å². The zero-order valence-corrected chi connectivity index (χ0v) is 42.9. The van der Waals surface area contributed by atoms with Crippen molar-refractivity contribution >= 4 is 70.1 Å². The second kappa shape index (κ2) is 15.0. The van der Waals surface area contributed by atoms with E-state index in [2.05, 4.69) is 259 Å². The van der Waals surface area contributed by atoms with Gasteiger partial charge in [-0.1, -0.05) is 205 Å². The van der Waals surface area contributed by atoms with Crippen molar-refractivity contribution in [2.45, 2.75) is 57.8 Å². The van der Waals surface area contributed by atoms with Crippen LogP contribution in [0.25, 0.3) is 97.4 Å². The van der Waals surface area contributed by atoms with Gasteiger partial charge in [0.1, 0.15) is 0 Å². The number of fused-ring (bicyclic) bond motifs is 14. The summed E-state index contributed by atoms with van der Waals surface area (Å²) in [7, 11) is 0. The third-order valence-electron chi connectivity index (χ3n) is 17.5. The van der Waals surface area contributed by atoms with Gasteiger partial charge in [0.2, 0.25) is 0 Å². The Balaban J connectivity index is 0.884. The van der Waals surface area contributed by atoms with Gasteiger partial charge in [0.15, 0.2) is 0 Å². The van der Waals surface area contributed by atoms with E-state index in [4.69, 9.17) is 0 Å². The fourth-order valence-corrected chi connectivity index (χ4v) is 15.0. The van der Waals surface area contributed by atoms with Crippen LogP contribution in [0.1, 0.15) is 74.9 Å². The van der Waals surface area contributed by atoms with Crippen molar-refractivity contribution in [3.05, 3.63) is 246 Å². The lowest BCUT2D eigenvalue weighted by atomic mass is 9.80. The van der Waals surface area contributed by atoms with Crippen molar-refractivity contribution in [1.82, 2.24) is 0 Å². The van der Waals surface area contributed by atoms with E-state index in [-0.39, 0.29) is 16.2 Å². The minimum absolute atomic E-state index is 0.126. The Morgan fingerprint density at radius 3 is 1.18 bits per heavy atom. The summed E-state index contributed by atoms with van der Waals surface area (Å²) in [4.78, 5) is 2.53. The molecule has 0 fully saturated rings. The second-order valence-corrected chi connectivity index (χ2v) is 23.4. The van der Waals surface area contributed by atoms with E-state index in [9.17, 15) is 0 Å². The lowest BCUT2D eigenvalue weighted by Crippen LogP contribution is -2.19. The van der Waals surface area contributed by atoms with E-state index in [1.165, 1.54) is 148 Å². The van der Waals surface area contributed by atoms with Gasteiger partial charge >= 0.3 is 0 Å². The van der Waals surface area contributed by atoms with Gasteiger partial charge in [-0.05, 0) is 154 Å². The molecular weight excluding hydrogens is 899 g/mol. The van der Waals surface area contributed by atoms with Crippen LogP contribution in [-0.2, 0) is 16.2 Å². The van der Waals surface area contributed by atoms with E-state index in [1.807, 2.05) is 11.3 Å². The fraction of sp³-hybridized carbons (Fsp3) is 0.127. The van der Waals surface area contributed by atoms with Crippen molar-refractivity contribution in [2.75, 3.05) is 4.90 Å². The van der Waals surface area contributed by atoms with Crippen molar-refractivity contribution in [3.63, 3.8) is 0 Å². The molecule has 0 saturated carbocycles. The average molecular weight is 952 g/mol. The molecule has 0 bridgehead atoms. The summed E-state index contributed by atoms with van der Waals surface area (Å²) in [6, 6.07) is 80.9. The maximum atomic E-state index is 2.53. The molecule has 0 N–H and O–H groups in total. The number of rotatable bonds is 5. The number of nitrogens with zero attached hydrogens (tertiary/aromatic N) is 1. The highest BCUT2D eigenvalue weighted by Crippen LogP contribution is 2.56. The normalized spacial score (nSPS) is 15.0. The lowest BCUT2D eigenvalue weighted by Gasteiger charge is -2.31. The minimum Gasteiger partial charge on any atom is -0.310 e. The molecule has 348 valence electrons. The molecule has 0 spiro atoms. The van der Waals surface area contributed by atoms with Crippen LogP contribution in [0.2, 0.25) is 0 Å². The van der Waals surface area contributed by atoms with Gasteiger partial charge in [0.05, 0.1) is 0 Å². The Morgan fingerprint density at radius 2 is 0.658 bits per heavy atom. The summed E-state index contributed by atoms with van der Waals surface area (Å²) in [6.07, 6.45) is 0. The molecule has 15 rings (SSSR count). The first-order valence-corrected chi connectivity index (χ1v) is 26.7. The Labute approximate surface area is 431 Å². The van der Waals surface area contributed by atoms with Gasteiger partial charge < -0.3 is 4.90 Å². The standard InChI is InChI=1S/C71H53NS/c1-69(2)59-27-14-11-18-46(59)49-35-31-43(39-62(49)69)72(44-32-36-50-47-19-12-15-28-60(47)70(3,4)63(50)40-44)45-33-37-51-48-34-30-42(38-61(48)71(5,6)64(51)41-45)66-53-21-7-9-23-55(53)67(56-24-10-8-22-54(56)66)58-26-17-25-57-52-20-13-16-29-65(52)73-68(57)58/h7-41H,1-6H3. The monoisotopic (exact) mass is 951 g/mol. The van der Waals surface area contributed by atoms with E-state index >= 15 is 0 Å². The minimum atomic E-state index is -0.270. The number of hydrogen-bond acceptors (Lipinski definition) is 2. The smallest absolute Gasteiger partial charge is 0.0465 e. The number of anilines is 3. The zero-order valence-electron chi connectivity index (χ0n) is 42.1. The van der Waals surface area contributed by atoms with Crippen LogP contribution in [0.15, 0.2) is 212 Å². The maximum Gasteiger partial charge on any atom is 0.0465 e. The van der Waals surface area contributed by atoms with Crippen LogP contribution >= 0.6 is 11.3 Å². The van der Waals surface area contributed by atoms with Crippen molar-refractivity contribution < 1.29 is 0 Å². The average Bonchev–Trinajstić information content (AvgIpc) is 4.06. The van der Waals surface area contributed by atoms with Gasteiger partial charge in [-0.25, -0.2) is 0 Å². The Kier molecular flexibility index (Phi) is 8.76. The zero-order chi connectivity index (χ0) is 49.1. The summed E-state index contributed by atoms with van der Waals surface area (Å²) in [5.74, 6) is 0. The molecule has 0 atom stereocenters. The molecule has 0 saturated heterocycles. The third kappa shape index (κ3) is 5.85. The molecule has 0 unspecified atom stereocenters. The first kappa shape index (κ1) is 42.6. The van der Waals surface area contributed by atoms with Crippen LogP contribution < -0.4 is 4.90 Å². The number of thiophene rings is 1. The molecular formula is C71H53NS. The highest BCUT2D eigenvalue weighted by atomic mass is 32.1. The Hall–Kier alpha value is -8.04. The maximum absolute atomic E-state index is 2.53. The molecule has 11 aromatic carbocycles. The largest absolute Gasteiger partial charge is 0.310 e. The molecule has 73 heavy (non-hydrogen) atoms. The summed E-state index contributed by atoms with van der Waals surface area (Å²) in [5, 5.41) is 7.78. The second-order valence-electron chi connectivity index (χ2n) is 22.4. The summed E-state index contributed by atoms with van der Waals surface area (Å²) in [6.45, 7) is 14.4. The summed E-state index contributed by atoms with van der Waals surface area (Å²) in [5.41, 5.74) is 24.4. The Bertz CT molecular complexity index is 4200. The Morgan fingerprint density at radius 1 is 0.288 bits per heavy atom. The lowest BCUT2D eigenvalue weighted by molar-refractivity contribution is 0.659. The van der Waals surface area contributed by atoms with Gasteiger partial charge in [-0.3, -0.25) is 0 Å². The van der Waals surface area contributed by atoms with Crippen LogP contribution in [0.5, 0.6) is 0 Å². The molecule has 1 aromatic heterocycles. The molecule has 3 aliphatic rings. The predicted molar refractivity (Wildman–Crippen MR) is 313 cm³/mol. The molecule has 12 aromatic rings. The molecule has 1 nitrogen and oxygen atoms in total. The topological polar surface area (TPSA) is 3.24 Å². The highest BCUT2D eigenvalue weighted by molar-refractivity contribution is 7.26. The third-order valence-corrected chi connectivity index (χ3v) is 18.7. The van der Waals surface area contributed by atoms with Gasteiger partial charge in [-0.2, -0.15) is 0 Å². The van der Waals surface area contributed by atoms with Crippen LogP contribution in [-0.4, -0.2) is 0 Å². The first-order chi connectivity index (χ1) is 35.5. The molecule has 1 heterocycles. The highest BCUT2D eigenvalue weighted by Gasteiger charge is 2.40. The first-order valence-electron chi connectivity index (χ1n) is 25.9. The van der Waals surface area contributed by atoms with Crippen LogP contribution in [0.4, 0.5) is 17.1 Å². The van der Waals surface area contributed by atoms with Gasteiger partial charge in [0.25, 0.3) is 0 Å². The van der Waals surface area contributed by atoms with Gasteiger partial charge in [0, 0.05) is 59.0 Å². The van der Waals surface area contributed by atoms with Gasteiger partial charge in [-0.15, -0.1) is 11.3 Å². The SMILES string of the molecule is CC1(C)c2ccccc2-c2ccc(N(c3ccc4c(c3)C(C)(C)c3ccccc3-4)c3ccc4c(c3)C(C)(C)c3cc(-c5c6ccccc6c(-c6cccc7c6sc6ccccc67)c6ccccc56)ccc3-4)cc21. The molecule has 2 heteroatoms. The number of benzene rings is 11. The quantitative estimate of drug-likeness (QED) is 0.155. The van der Waals surface area contributed by atoms with Crippen LogP contribution in [0.3, 0.4) is 0 Å². The van der Waals surface area contributed by atoms with E-state index < -0.39 is 0 Å². The summed E-state index contributed by atoms with van der Waals surface area (Å²) < 4.78 is 2.67. The predicted octanol–water partition coefficient (Wildman–Crippen LogP) is 20.1. The van der Waals surface area contributed by atoms with Crippen LogP contribution in [0, 0.1) is 0 Å². The van der Waals surface area contributed by atoms with Crippen molar-refractivity contribution in [1.29, 1.82) is 0 Å². The molecule has 0 amide bonds. The van der Waals surface area contributed by atoms with Crippen molar-refractivity contribution in [3.8, 4) is 55.6 Å².